The van der Waals surface area contributed by atoms with E-state index >= 15 is 0 Å². The van der Waals surface area contributed by atoms with Crippen molar-refractivity contribution in [1.82, 2.24) is 10.2 Å². The molecule has 0 aliphatic carbocycles. The van der Waals surface area contributed by atoms with Gasteiger partial charge >= 0.3 is 0 Å². The van der Waals surface area contributed by atoms with E-state index in [0.29, 0.717) is 21.4 Å². The summed E-state index contributed by atoms with van der Waals surface area (Å²) in [5.74, 6) is -0.539. The summed E-state index contributed by atoms with van der Waals surface area (Å²) in [7, 11) is -1.30. The Morgan fingerprint density at radius 3 is 2.19 bits per heavy atom. The summed E-state index contributed by atoms with van der Waals surface area (Å²) in [5, 5.41) is 3.36. The second kappa shape index (κ2) is 14.4. The number of ether oxygens (including phenoxy) is 1. The van der Waals surface area contributed by atoms with Gasteiger partial charge in [0.1, 0.15) is 18.3 Å². The van der Waals surface area contributed by atoms with Gasteiger partial charge in [-0.3, -0.25) is 13.9 Å². The van der Waals surface area contributed by atoms with Gasteiger partial charge in [0, 0.05) is 30.1 Å². The number of hydrogen-bond donors (Lipinski definition) is 1. The van der Waals surface area contributed by atoms with Gasteiger partial charge in [-0.2, -0.15) is 0 Å². The van der Waals surface area contributed by atoms with Gasteiger partial charge in [0.25, 0.3) is 10.0 Å². The molecule has 11 heteroatoms. The van der Waals surface area contributed by atoms with Crippen molar-refractivity contribution in [1.29, 1.82) is 0 Å². The second-order valence-electron chi connectivity index (χ2n) is 9.60. The molecule has 0 aliphatic heterocycles. The summed E-state index contributed by atoms with van der Waals surface area (Å²) in [4.78, 5) is 28.9. The molecule has 0 aromatic heterocycles. The third-order valence-corrected chi connectivity index (χ3v) is 9.23. The number of nitrogens with zero attached hydrogens (tertiary/aromatic N) is 2. The van der Waals surface area contributed by atoms with E-state index in [1.165, 1.54) is 49.4 Å². The van der Waals surface area contributed by atoms with Crippen molar-refractivity contribution in [3.63, 3.8) is 0 Å². The molecule has 224 valence electrons. The molecule has 0 aliphatic rings. The minimum absolute atomic E-state index is 0.0323. The number of anilines is 1. The third-order valence-electron chi connectivity index (χ3n) is 6.84. The van der Waals surface area contributed by atoms with Crippen molar-refractivity contribution in [2.45, 2.75) is 23.9 Å². The maximum atomic E-state index is 14.3. The first-order valence-corrected chi connectivity index (χ1v) is 15.5. The van der Waals surface area contributed by atoms with Gasteiger partial charge in [-0.15, -0.1) is 0 Å². The molecule has 0 radical (unpaired) electrons. The number of methoxy groups -OCH3 is 1. The number of hydrogen-bond acceptors (Lipinski definition) is 5. The first-order chi connectivity index (χ1) is 20.6. The highest BCUT2D eigenvalue weighted by molar-refractivity contribution is 7.92. The molecule has 4 rings (SSSR count). The normalized spacial score (nSPS) is 11.8. The van der Waals surface area contributed by atoms with Crippen LogP contribution in [0.5, 0.6) is 5.75 Å². The Labute approximate surface area is 261 Å². The fourth-order valence-corrected chi connectivity index (χ4v) is 6.35. The van der Waals surface area contributed by atoms with Gasteiger partial charge in [-0.1, -0.05) is 77.8 Å². The summed E-state index contributed by atoms with van der Waals surface area (Å²) in [6, 6.07) is 27.4. The molecule has 0 spiro atoms. The molecule has 0 saturated heterocycles. The molecular weight excluding hydrogens is 609 g/mol. The van der Waals surface area contributed by atoms with Crippen LogP contribution in [-0.2, 0) is 32.6 Å². The lowest BCUT2D eigenvalue weighted by atomic mass is 10.0. The summed E-state index contributed by atoms with van der Waals surface area (Å²) >= 11 is 12.7. The van der Waals surface area contributed by atoms with Crippen LogP contribution in [0.1, 0.15) is 11.1 Å². The smallest absolute Gasteiger partial charge is 0.264 e. The van der Waals surface area contributed by atoms with Crippen molar-refractivity contribution < 1.29 is 22.7 Å². The number of rotatable bonds is 12. The van der Waals surface area contributed by atoms with Crippen LogP contribution in [0.3, 0.4) is 0 Å². The zero-order chi connectivity index (χ0) is 31.0. The van der Waals surface area contributed by atoms with Gasteiger partial charge in [0.05, 0.1) is 17.7 Å². The first kappa shape index (κ1) is 31.9. The van der Waals surface area contributed by atoms with Gasteiger partial charge in [0.15, 0.2) is 0 Å². The molecule has 4 aromatic carbocycles. The predicted molar refractivity (Wildman–Crippen MR) is 169 cm³/mol. The van der Waals surface area contributed by atoms with E-state index < -0.39 is 34.4 Å². The summed E-state index contributed by atoms with van der Waals surface area (Å²) < 4.78 is 34.2. The highest BCUT2D eigenvalue weighted by atomic mass is 35.5. The van der Waals surface area contributed by atoms with Gasteiger partial charge in [0.2, 0.25) is 11.8 Å². The van der Waals surface area contributed by atoms with Crippen LogP contribution < -0.4 is 14.4 Å². The van der Waals surface area contributed by atoms with Crippen molar-refractivity contribution >= 4 is 50.7 Å². The van der Waals surface area contributed by atoms with Crippen LogP contribution in [0.15, 0.2) is 108 Å². The Bertz CT molecular complexity index is 1670. The lowest BCUT2D eigenvalue weighted by Crippen LogP contribution is -2.53. The van der Waals surface area contributed by atoms with Gasteiger partial charge in [-0.05, 0) is 59.7 Å². The average molecular weight is 641 g/mol. The second-order valence-corrected chi connectivity index (χ2v) is 12.3. The molecule has 0 saturated carbocycles. The van der Waals surface area contributed by atoms with Crippen LogP contribution in [0.4, 0.5) is 5.69 Å². The first-order valence-electron chi connectivity index (χ1n) is 13.3. The van der Waals surface area contributed by atoms with E-state index in [4.69, 9.17) is 27.9 Å². The van der Waals surface area contributed by atoms with E-state index in [2.05, 4.69) is 5.32 Å². The van der Waals surface area contributed by atoms with Crippen molar-refractivity contribution in [2.24, 2.45) is 0 Å². The SMILES string of the molecule is CNC(=O)C(Cc1ccccc1)N(Cc1ccccc1Cl)C(=O)CN(c1cccc(Cl)c1)S(=O)(=O)c1ccc(OC)cc1. The largest absolute Gasteiger partial charge is 0.497 e. The quantitative estimate of drug-likeness (QED) is 0.218. The Hall–Kier alpha value is -4.05. The Morgan fingerprint density at radius 1 is 0.884 bits per heavy atom. The third kappa shape index (κ3) is 7.87. The Morgan fingerprint density at radius 2 is 1.56 bits per heavy atom. The van der Waals surface area contributed by atoms with E-state index in [-0.39, 0.29) is 23.5 Å². The molecule has 0 fully saturated rings. The lowest BCUT2D eigenvalue weighted by Gasteiger charge is -2.33. The van der Waals surface area contributed by atoms with Crippen LogP contribution in [0.2, 0.25) is 10.0 Å². The Balaban J connectivity index is 1.79. The van der Waals surface area contributed by atoms with Crippen molar-refractivity contribution in [2.75, 3.05) is 25.0 Å². The highest BCUT2D eigenvalue weighted by Gasteiger charge is 2.34. The topological polar surface area (TPSA) is 96.0 Å². The predicted octanol–water partition coefficient (Wildman–Crippen LogP) is 5.58. The van der Waals surface area contributed by atoms with Crippen molar-refractivity contribution in [3.8, 4) is 5.75 Å². The molecule has 1 atom stereocenters. The minimum atomic E-state index is -4.27. The van der Waals surface area contributed by atoms with Crippen LogP contribution in [0, 0.1) is 0 Å². The monoisotopic (exact) mass is 639 g/mol. The standard InChI is InChI=1S/C32H31Cl2N3O5S/c1-35-32(39)30(19-23-9-4-3-5-10-23)36(21-24-11-6-7-14-29(24)34)31(38)22-37(26-13-8-12-25(33)20-26)43(40,41)28-17-15-27(42-2)16-18-28/h3-18,20,30H,19,21-22H2,1-2H3,(H,35,39). The van der Waals surface area contributed by atoms with Gasteiger partial charge in [-0.25, -0.2) is 8.42 Å². The van der Waals surface area contributed by atoms with E-state index in [1.54, 1.807) is 42.5 Å². The molecule has 43 heavy (non-hydrogen) atoms. The zero-order valence-electron chi connectivity index (χ0n) is 23.6. The minimum Gasteiger partial charge on any atom is -0.497 e. The van der Waals surface area contributed by atoms with Crippen LogP contribution in [-0.4, -0.2) is 51.9 Å². The van der Waals surface area contributed by atoms with E-state index in [1.807, 2.05) is 30.3 Å². The molecule has 0 heterocycles. The van der Waals surface area contributed by atoms with Gasteiger partial charge < -0.3 is 15.0 Å². The summed E-state index contributed by atoms with van der Waals surface area (Å²) in [5.41, 5.74) is 1.62. The zero-order valence-corrected chi connectivity index (χ0v) is 25.9. The average Bonchev–Trinajstić information content (AvgIpc) is 3.02. The molecule has 0 bridgehead atoms. The fourth-order valence-electron chi connectivity index (χ4n) is 4.57. The maximum Gasteiger partial charge on any atom is 0.264 e. The number of carbonyl (C=O) groups excluding carboxylic acids is 2. The van der Waals surface area contributed by atoms with Crippen LogP contribution in [0.25, 0.3) is 0 Å². The molecule has 1 unspecified atom stereocenters. The fraction of sp³-hybridized carbons (Fsp3) is 0.188. The number of likely N-dealkylation sites (N-methyl/N-ethyl adjacent to an activating group) is 1. The number of carbonyl (C=O) groups is 2. The highest BCUT2D eigenvalue weighted by Crippen LogP contribution is 2.28. The molecular formula is C32H31Cl2N3O5S. The maximum absolute atomic E-state index is 14.3. The number of sulfonamides is 1. The number of benzene rings is 4. The molecule has 4 aromatic rings. The lowest BCUT2D eigenvalue weighted by molar-refractivity contribution is -0.139. The number of nitrogens with one attached hydrogen (secondary N) is 1. The molecule has 1 N–H and O–H groups in total. The Kier molecular flexibility index (Phi) is 10.7. The number of halogens is 2. The summed E-state index contributed by atoms with van der Waals surface area (Å²) in [6.45, 7) is -0.642. The van der Waals surface area contributed by atoms with Crippen molar-refractivity contribution in [3.05, 3.63) is 124 Å². The molecule has 8 nitrogen and oxygen atoms in total. The van der Waals surface area contributed by atoms with Crippen LogP contribution >= 0.6 is 23.2 Å². The van der Waals surface area contributed by atoms with E-state index in [9.17, 15) is 18.0 Å². The number of amides is 2. The summed E-state index contributed by atoms with van der Waals surface area (Å²) in [6.07, 6.45) is 0.194. The van der Waals surface area contributed by atoms with E-state index in [0.717, 1.165) is 9.87 Å². The molecule has 2 amide bonds.